The molecule has 2 aliphatic carbocycles. The first-order valence-corrected chi connectivity index (χ1v) is 9.71. The minimum absolute atomic E-state index is 0.342. The second-order valence-electron chi connectivity index (χ2n) is 9.13. The highest BCUT2D eigenvalue weighted by atomic mass is 16.5. The molecule has 1 aromatic carbocycles. The normalized spacial score (nSPS) is 31.0. The van der Waals surface area contributed by atoms with Crippen molar-refractivity contribution in [3.05, 3.63) is 35.4 Å². The van der Waals surface area contributed by atoms with E-state index in [1.54, 1.807) is 7.11 Å². The molecule has 0 aliphatic heterocycles. The van der Waals surface area contributed by atoms with E-state index in [2.05, 4.69) is 46.8 Å². The fraction of sp³-hybridized carbons (Fsp3) is 0.652. The quantitative estimate of drug-likeness (QED) is 0.608. The Bertz CT molecular complexity index is 658. The van der Waals surface area contributed by atoms with Crippen LogP contribution in [0.25, 0.3) is 0 Å². The Kier molecular flexibility index (Phi) is 4.92. The van der Waals surface area contributed by atoms with E-state index >= 15 is 0 Å². The van der Waals surface area contributed by atoms with Crippen molar-refractivity contribution in [1.82, 2.24) is 0 Å². The van der Waals surface area contributed by atoms with Crippen molar-refractivity contribution >= 4 is 0 Å². The predicted molar refractivity (Wildman–Crippen MR) is 104 cm³/mol. The molecule has 0 saturated heterocycles. The van der Waals surface area contributed by atoms with Gasteiger partial charge in [0.15, 0.2) is 0 Å². The number of aryl methyl sites for hydroxylation is 1. The van der Waals surface area contributed by atoms with Gasteiger partial charge in [0.05, 0.1) is 13.7 Å². The maximum Gasteiger partial charge on any atom is 0.123 e. The number of methoxy groups -OCH3 is 1. The summed E-state index contributed by atoms with van der Waals surface area (Å²) >= 11 is 0. The Morgan fingerprint density at radius 3 is 2.48 bits per heavy atom. The van der Waals surface area contributed by atoms with Crippen molar-refractivity contribution in [3.8, 4) is 11.5 Å². The lowest BCUT2D eigenvalue weighted by atomic mass is 9.49. The minimum Gasteiger partial charge on any atom is -0.497 e. The lowest BCUT2D eigenvalue weighted by Gasteiger charge is -2.56. The summed E-state index contributed by atoms with van der Waals surface area (Å²) in [6.45, 7) is 12.6. The average molecular weight is 343 g/mol. The Labute approximate surface area is 153 Å². The molecule has 2 heteroatoms. The van der Waals surface area contributed by atoms with Gasteiger partial charge < -0.3 is 9.47 Å². The second kappa shape index (κ2) is 6.70. The van der Waals surface area contributed by atoms with Crippen molar-refractivity contribution in [3.63, 3.8) is 0 Å². The van der Waals surface area contributed by atoms with E-state index in [1.807, 2.05) is 12.1 Å². The Hall–Kier alpha value is -1.44. The third-order valence-corrected chi connectivity index (χ3v) is 6.97. The first-order chi connectivity index (χ1) is 11.8. The average Bonchev–Trinajstić information content (AvgIpc) is 2.52. The van der Waals surface area contributed by atoms with Crippen LogP contribution in [0, 0.1) is 29.6 Å². The van der Waals surface area contributed by atoms with Gasteiger partial charge in [-0.3, -0.25) is 0 Å². The van der Waals surface area contributed by atoms with Crippen molar-refractivity contribution in [2.75, 3.05) is 13.7 Å². The summed E-state index contributed by atoms with van der Waals surface area (Å²) in [7, 11) is 1.71. The van der Waals surface area contributed by atoms with Crippen LogP contribution in [0.1, 0.15) is 58.9 Å². The van der Waals surface area contributed by atoms with Crippen molar-refractivity contribution in [2.24, 2.45) is 22.7 Å². The molecule has 2 aliphatic rings. The molecule has 138 valence electrons. The molecule has 1 saturated carbocycles. The Morgan fingerprint density at radius 1 is 1.04 bits per heavy atom. The van der Waals surface area contributed by atoms with Gasteiger partial charge in [-0.05, 0) is 67.6 Å². The van der Waals surface area contributed by atoms with E-state index in [0.717, 1.165) is 24.0 Å². The van der Waals surface area contributed by atoms with Crippen molar-refractivity contribution in [1.29, 1.82) is 0 Å². The fourth-order valence-electron chi connectivity index (χ4n) is 5.55. The molecule has 3 unspecified atom stereocenters. The number of hydrogen-bond acceptors (Lipinski definition) is 2. The van der Waals surface area contributed by atoms with Crippen LogP contribution in [0.3, 0.4) is 0 Å². The monoisotopic (exact) mass is 342 g/mol. The second-order valence-corrected chi connectivity index (χ2v) is 9.13. The van der Waals surface area contributed by atoms with Crippen LogP contribution in [0.4, 0.5) is 0 Å². The summed E-state index contributed by atoms with van der Waals surface area (Å²) in [5, 5.41) is 0. The predicted octanol–water partition coefficient (Wildman–Crippen LogP) is 6.18. The molecule has 1 aromatic rings. The third-order valence-electron chi connectivity index (χ3n) is 6.97. The van der Waals surface area contributed by atoms with Gasteiger partial charge in [0.2, 0.25) is 0 Å². The zero-order chi connectivity index (χ0) is 18.2. The molecule has 25 heavy (non-hydrogen) atoms. The van der Waals surface area contributed by atoms with Gasteiger partial charge in [-0.15, -0.1) is 0 Å². The summed E-state index contributed by atoms with van der Waals surface area (Å²) in [6, 6.07) is 6.15. The SMILES string of the molecule is COc1cc(C)cc(OCC2C(C)=CCC3C(C)(C)CCCC23C)c1. The van der Waals surface area contributed by atoms with E-state index in [9.17, 15) is 0 Å². The highest BCUT2D eigenvalue weighted by Gasteiger charge is 2.52. The summed E-state index contributed by atoms with van der Waals surface area (Å²) in [5.74, 6) is 3.04. The van der Waals surface area contributed by atoms with Gasteiger partial charge in [-0.2, -0.15) is 0 Å². The first-order valence-electron chi connectivity index (χ1n) is 9.71. The van der Waals surface area contributed by atoms with Crippen molar-refractivity contribution in [2.45, 2.75) is 60.3 Å². The van der Waals surface area contributed by atoms with Crippen LogP contribution < -0.4 is 9.47 Å². The summed E-state index contributed by atoms with van der Waals surface area (Å²) in [5.41, 5.74) is 3.45. The highest BCUT2D eigenvalue weighted by Crippen LogP contribution is 2.59. The number of benzene rings is 1. The number of fused-ring (bicyclic) bond motifs is 1. The smallest absolute Gasteiger partial charge is 0.123 e. The van der Waals surface area contributed by atoms with Crippen LogP contribution in [0.15, 0.2) is 29.8 Å². The number of rotatable bonds is 4. The Balaban J connectivity index is 1.82. The van der Waals surface area contributed by atoms with E-state index in [1.165, 1.54) is 36.8 Å². The molecule has 1 fully saturated rings. The molecular formula is C23H34O2. The van der Waals surface area contributed by atoms with Gasteiger partial charge in [0, 0.05) is 12.0 Å². The molecular weight excluding hydrogens is 308 g/mol. The van der Waals surface area contributed by atoms with E-state index in [-0.39, 0.29) is 0 Å². The number of ether oxygens (including phenoxy) is 2. The molecule has 0 spiro atoms. The fourth-order valence-corrected chi connectivity index (χ4v) is 5.55. The molecule has 0 radical (unpaired) electrons. The maximum absolute atomic E-state index is 6.30. The topological polar surface area (TPSA) is 18.5 Å². The number of allylic oxidation sites excluding steroid dienone is 1. The van der Waals surface area contributed by atoms with Crippen LogP contribution in [0.5, 0.6) is 11.5 Å². The summed E-state index contributed by atoms with van der Waals surface area (Å²) in [4.78, 5) is 0. The molecule has 0 N–H and O–H groups in total. The summed E-state index contributed by atoms with van der Waals surface area (Å²) in [6.07, 6.45) is 7.71. The Morgan fingerprint density at radius 2 is 1.76 bits per heavy atom. The van der Waals surface area contributed by atoms with Crippen molar-refractivity contribution < 1.29 is 9.47 Å². The minimum atomic E-state index is 0.342. The molecule has 0 bridgehead atoms. The van der Waals surface area contributed by atoms with E-state index < -0.39 is 0 Å². The van der Waals surface area contributed by atoms with Crippen LogP contribution in [0.2, 0.25) is 0 Å². The van der Waals surface area contributed by atoms with Gasteiger partial charge in [-0.25, -0.2) is 0 Å². The van der Waals surface area contributed by atoms with Crippen LogP contribution >= 0.6 is 0 Å². The molecule has 3 atom stereocenters. The van der Waals surface area contributed by atoms with Gasteiger partial charge in [0.25, 0.3) is 0 Å². The lowest BCUT2D eigenvalue weighted by molar-refractivity contribution is -0.0481. The molecule has 3 rings (SSSR count). The summed E-state index contributed by atoms with van der Waals surface area (Å²) < 4.78 is 11.7. The van der Waals surface area contributed by atoms with Gasteiger partial charge in [-0.1, -0.05) is 38.8 Å². The van der Waals surface area contributed by atoms with E-state index in [0.29, 0.717) is 16.7 Å². The lowest BCUT2D eigenvalue weighted by Crippen LogP contribution is -2.50. The third kappa shape index (κ3) is 3.45. The first kappa shape index (κ1) is 18.4. The number of hydrogen-bond donors (Lipinski definition) is 0. The largest absolute Gasteiger partial charge is 0.497 e. The molecule has 0 amide bonds. The molecule has 0 heterocycles. The van der Waals surface area contributed by atoms with E-state index in [4.69, 9.17) is 9.47 Å². The van der Waals surface area contributed by atoms with Gasteiger partial charge in [0.1, 0.15) is 11.5 Å². The standard InChI is InChI=1S/C23H34O2/c1-16-12-18(24-6)14-19(13-16)25-15-20-17(2)8-9-21-22(3,4)10-7-11-23(20,21)5/h8,12-14,20-21H,7,9-11,15H2,1-6H3. The van der Waals surface area contributed by atoms with Gasteiger partial charge >= 0.3 is 0 Å². The highest BCUT2D eigenvalue weighted by molar-refractivity contribution is 5.37. The maximum atomic E-state index is 6.30. The zero-order valence-electron chi connectivity index (χ0n) is 16.8. The zero-order valence-corrected chi connectivity index (χ0v) is 16.8. The van der Waals surface area contributed by atoms with Crippen LogP contribution in [-0.4, -0.2) is 13.7 Å². The molecule has 0 aromatic heterocycles. The van der Waals surface area contributed by atoms with Crippen LogP contribution in [-0.2, 0) is 0 Å². The molecule has 2 nitrogen and oxygen atoms in total.